The van der Waals surface area contributed by atoms with Crippen LogP contribution in [0.2, 0.25) is 0 Å². The van der Waals surface area contributed by atoms with Crippen molar-refractivity contribution in [2.45, 2.75) is 60.0 Å². The van der Waals surface area contributed by atoms with E-state index < -0.39 is 0 Å². The molecule has 0 aliphatic heterocycles. The number of hydrogen-bond donors (Lipinski definition) is 2. The van der Waals surface area contributed by atoms with E-state index in [1.807, 2.05) is 54.8 Å². The molecule has 0 radical (unpaired) electrons. The van der Waals surface area contributed by atoms with Gasteiger partial charge in [-0.25, -0.2) is 0 Å². The minimum absolute atomic E-state index is 0.0534. The van der Waals surface area contributed by atoms with Gasteiger partial charge in [0.1, 0.15) is 11.5 Å². The predicted octanol–water partition coefficient (Wildman–Crippen LogP) is 5.37. The summed E-state index contributed by atoms with van der Waals surface area (Å²) in [6.07, 6.45) is 1.12. The number of rotatable bonds is 7. The van der Waals surface area contributed by atoms with E-state index in [2.05, 4.69) is 36.3 Å². The molecular weight excluding hydrogens is 396 g/mol. The van der Waals surface area contributed by atoms with Gasteiger partial charge in [0.2, 0.25) is 5.91 Å². The first-order valence-corrected chi connectivity index (χ1v) is 10.7. The maximum Gasteiger partial charge on any atom is 0.222 e. The molecule has 0 saturated heterocycles. The van der Waals surface area contributed by atoms with Gasteiger partial charge >= 0.3 is 0 Å². The predicted molar refractivity (Wildman–Crippen MR) is 121 cm³/mol. The van der Waals surface area contributed by atoms with E-state index in [4.69, 9.17) is 16.6 Å². The van der Waals surface area contributed by atoms with Crippen molar-refractivity contribution in [3.05, 3.63) is 58.3 Å². The molecule has 3 aromatic rings. The fourth-order valence-corrected chi connectivity index (χ4v) is 3.57. The molecule has 160 valence electrons. The zero-order valence-corrected chi connectivity index (χ0v) is 19.1. The van der Waals surface area contributed by atoms with E-state index in [-0.39, 0.29) is 17.4 Å². The molecule has 0 aliphatic carbocycles. The summed E-state index contributed by atoms with van der Waals surface area (Å²) in [4.78, 5) is 12.8. The molecule has 2 aromatic heterocycles. The van der Waals surface area contributed by atoms with Crippen LogP contribution in [0.15, 0.2) is 40.8 Å². The number of carbonyl (C=O) groups excluding carboxylic acids is 1. The van der Waals surface area contributed by atoms with Crippen LogP contribution in [0.3, 0.4) is 0 Å². The van der Waals surface area contributed by atoms with Crippen LogP contribution in [0.25, 0.3) is 11.4 Å². The highest BCUT2D eigenvalue weighted by atomic mass is 32.1. The first-order valence-electron chi connectivity index (χ1n) is 10.3. The second-order valence-corrected chi connectivity index (χ2v) is 9.03. The minimum Gasteiger partial charge on any atom is -0.464 e. The first-order chi connectivity index (χ1) is 14.2. The third-order valence-corrected chi connectivity index (χ3v) is 5.43. The standard InChI is InChI=1S/C23H30N4O2S/c1-6-17-11-12-18(29-17)20(23(3,4)5)24-19(28)13-14-27-21(25-26-22(27)30)16-9-7-15(2)8-10-16/h7-12,20H,6,13-14H2,1-5H3,(H,24,28)(H,26,30). The highest BCUT2D eigenvalue weighted by Gasteiger charge is 2.30. The monoisotopic (exact) mass is 426 g/mol. The molecule has 1 unspecified atom stereocenters. The lowest BCUT2D eigenvalue weighted by Gasteiger charge is -2.30. The van der Waals surface area contributed by atoms with Crippen LogP contribution in [0, 0.1) is 17.1 Å². The summed E-state index contributed by atoms with van der Waals surface area (Å²) in [6.45, 7) is 10.8. The molecule has 0 aliphatic rings. The number of nitrogens with one attached hydrogen (secondary N) is 2. The first kappa shape index (κ1) is 22.0. The number of amides is 1. The molecule has 0 fully saturated rings. The van der Waals surface area contributed by atoms with Gasteiger partial charge in [-0.1, -0.05) is 57.5 Å². The van der Waals surface area contributed by atoms with Crippen LogP contribution in [0.4, 0.5) is 0 Å². The van der Waals surface area contributed by atoms with Gasteiger partial charge in [-0.15, -0.1) is 0 Å². The Hall–Kier alpha value is -2.67. The van der Waals surface area contributed by atoms with E-state index >= 15 is 0 Å². The van der Waals surface area contributed by atoms with Gasteiger partial charge in [0.25, 0.3) is 0 Å². The Kier molecular flexibility index (Phi) is 6.61. The summed E-state index contributed by atoms with van der Waals surface area (Å²) in [5, 5.41) is 10.3. The minimum atomic E-state index is -0.209. The molecule has 1 amide bonds. The second kappa shape index (κ2) is 9.00. The fourth-order valence-electron chi connectivity index (χ4n) is 3.35. The Morgan fingerprint density at radius 2 is 1.93 bits per heavy atom. The van der Waals surface area contributed by atoms with Crippen molar-refractivity contribution in [1.29, 1.82) is 0 Å². The maximum atomic E-state index is 12.8. The molecule has 0 bridgehead atoms. The number of aromatic amines is 1. The average Bonchev–Trinajstić information content (AvgIpc) is 3.31. The molecule has 2 N–H and O–H groups in total. The molecule has 0 saturated carbocycles. The van der Waals surface area contributed by atoms with Crippen molar-refractivity contribution in [3.63, 3.8) is 0 Å². The normalized spacial score (nSPS) is 12.7. The number of benzene rings is 1. The van der Waals surface area contributed by atoms with Crippen LogP contribution in [0.5, 0.6) is 0 Å². The average molecular weight is 427 g/mol. The van der Waals surface area contributed by atoms with Crippen molar-refractivity contribution in [1.82, 2.24) is 20.1 Å². The zero-order valence-electron chi connectivity index (χ0n) is 18.3. The van der Waals surface area contributed by atoms with Crippen LogP contribution in [-0.2, 0) is 17.8 Å². The van der Waals surface area contributed by atoms with Crippen molar-refractivity contribution in [3.8, 4) is 11.4 Å². The number of furan rings is 1. The van der Waals surface area contributed by atoms with Gasteiger partial charge in [-0.05, 0) is 36.7 Å². The molecule has 2 heterocycles. The summed E-state index contributed by atoms with van der Waals surface area (Å²) < 4.78 is 8.30. The smallest absolute Gasteiger partial charge is 0.222 e. The SMILES string of the molecule is CCc1ccc(C(NC(=O)CCn2c(-c3ccc(C)cc3)n[nH]c2=S)C(C)(C)C)o1. The van der Waals surface area contributed by atoms with E-state index in [1.165, 1.54) is 5.56 Å². The van der Waals surface area contributed by atoms with Gasteiger partial charge in [-0.3, -0.25) is 14.5 Å². The lowest BCUT2D eigenvalue weighted by atomic mass is 9.85. The zero-order chi connectivity index (χ0) is 21.9. The third kappa shape index (κ3) is 5.08. The number of carbonyl (C=O) groups is 1. The van der Waals surface area contributed by atoms with E-state index in [9.17, 15) is 4.79 Å². The third-order valence-electron chi connectivity index (χ3n) is 5.12. The van der Waals surface area contributed by atoms with Crippen molar-refractivity contribution < 1.29 is 9.21 Å². The number of H-pyrrole nitrogens is 1. The summed E-state index contributed by atoms with van der Waals surface area (Å²) >= 11 is 5.39. The lowest BCUT2D eigenvalue weighted by Crippen LogP contribution is -2.36. The van der Waals surface area contributed by atoms with Gasteiger partial charge in [0.05, 0.1) is 6.04 Å². The summed E-state index contributed by atoms with van der Waals surface area (Å²) in [5.41, 5.74) is 1.96. The van der Waals surface area contributed by atoms with Gasteiger partial charge < -0.3 is 9.73 Å². The van der Waals surface area contributed by atoms with Crippen molar-refractivity contribution in [2.75, 3.05) is 0 Å². The molecule has 30 heavy (non-hydrogen) atoms. The Morgan fingerprint density at radius 1 is 1.23 bits per heavy atom. The number of nitrogens with zero attached hydrogens (tertiary/aromatic N) is 2. The van der Waals surface area contributed by atoms with Crippen LogP contribution in [-0.4, -0.2) is 20.7 Å². The Balaban J connectivity index is 1.73. The highest BCUT2D eigenvalue weighted by Crippen LogP contribution is 2.34. The van der Waals surface area contributed by atoms with Crippen LogP contribution >= 0.6 is 12.2 Å². The largest absolute Gasteiger partial charge is 0.464 e. The van der Waals surface area contributed by atoms with Gasteiger partial charge in [0, 0.05) is 24.9 Å². The summed E-state index contributed by atoms with van der Waals surface area (Å²) in [7, 11) is 0. The second-order valence-electron chi connectivity index (χ2n) is 8.64. The van der Waals surface area contributed by atoms with E-state index in [1.54, 1.807) is 0 Å². The number of aromatic nitrogens is 3. The van der Waals surface area contributed by atoms with Crippen molar-refractivity contribution in [2.24, 2.45) is 5.41 Å². The Morgan fingerprint density at radius 3 is 2.53 bits per heavy atom. The molecule has 1 aromatic carbocycles. The quantitative estimate of drug-likeness (QED) is 0.498. The number of hydrogen-bond acceptors (Lipinski definition) is 4. The molecular formula is C23H30N4O2S. The van der Waals surface area contributed by atoms with Crippen molar-refractivity contribution >= 4 is 18.1 Å². The van der Waals surface area contributed by atoms with Crippen LogP contribution in [0.1, 0.15) is 57.2 Å². The fraction of sp³-hybridized carbons (Fsp3) is 0.435. The molecule has 3 rings (SSSR count). The topological polar surface area (TPSA) is 75.8 Å². The lowest BCUT2D eigenvalue weighted by molar-refractivity contribution is -0.123. The van der Waals surface area contributed by atoms with E-state index in [0.29, 0.717) is 17.7 Å². The summed E-state index contributed by atoms with van der Waals surface area (Å²) in [6, 6.07) is 11.8. The Bertz CT molecular complexity index is 1050. The van der Waals surface area contributed by atoms with E-state index in [0.717, 1.165) is 29.3 Å². The molecule has 7 heteroatoms. The van der Waals surface area contributed by atoms with Crippen LogP contribution < -0.4 is 5.32 Å². The molecule has 6 nitrogen and oxygen atoms in total. The molecule has 0 spiro atoms. The summed E-state index contributed by atoms with van der Waals surface area (Å²) in [5.74, 6) is 2.38. The van der Waals surface area contributed by atoms with Gasteiger partial charge in [-0.2, -0.15) is 5.10 Å². The highest BCUT2D eigenvalue weighted by molar-refractivity contribution is 7.71. The maximum absolute atomic E-state index is 12.8. The Labute approximate surface area is 182 Å². The molecule has 1 atom stereocenters. The number of aryl methyl sites for hydroxylation is 2. The van der Waals surface area contributed by atoms with Gasteiger partial charge in [0.15, 0.2) is 10.6 Å².